The number of hydrogen-bond acceptors (Lipinski definition) is 10. The standard InChI is InChI=1S/C35H51FN6O6S/c1-24(2)41(25(3)4)34(43)30-17-26(36)5-8-31(30)48-32-18-37-23-38-33(32)40-21-35(22-40)11-13-39(14-12-35)19-29-7-6-28(20-47-29)42(49(44)45)27-9-15-46-16-10-27/h5,8,17-18,23-25,27-29,49H,6-7,9-16,19-22H2,1-4H3/t28-,29+/m1/s1. The number of amides is 1. The summed E-state index contributed by atoms with van der Waals surface area (Å²) in [7, 11) is -2.66. The molecule has 0 saturated carbocycles. The van der Waals surface area contributed by atoms with E-state index in [1.165, 1.54) is 24.5 Å². The number of likely N-dealkylation sites (tertiary alicyclic amines) is 1. The molecule has 4 aliphatic heterocycles. The van der Waals surface area contributed by atoms with Crippen LogP contribution in [0.15, 0.2) is 30.7 Å². The van der Waals surface area contributed by atoms with Gasteiger partial charge in [0.05, 0.1) is 24.5 Å². The van der Waals surface area contributed by atoms with Crippen LogP contribution in [0.5, 0.6) is 11.5 Å². The van der Waals surface area contributed by atoms with Gasteiger partial charge in [-0.15, -0.1) is 0 Å². The van der Waals surface area contributed by atoms with Crippen molar-refractivity contribution >= 4 is 22.6 Å². The lowest BCUT2D eigenvalue weighted by Crippen LogP contribution is -2.61. The van der Waals surface area contributed by atoms with E-state index >= 15 is 0 Å². The SMILES string of the molecule is CC(C)N(C(=O)c1cc(F)ccc1Oc1cncnc1N1CC2(CCN(C[C@@H]3CC[C@@H](N(C4CCOCC4)[SH](=O)=O)CO3)CC2)C1)C(C)C. The average Bonchev–Trinajstić information content (AvgIpc) is 3.06. The molecule has 0 aliphatic carbocycles. The topological polar surface area (TPSA) is 118 Å². The minimum Gasteiger partial charge on any atom is -0.451 e. The lowest BCUT2D eigenvalue weighted by molar-refractivity contribution is -0.0538. The maximum atomic E-state index is 14.4. The number of halogens is 1. The second kappa shape index (κ2) is 15.5. The van der Waals surface area contributed by atoms with Gasteiger partial charge in [-0.05, 0) is 97.5 Å². The molecule has 4 aliphatic rings. The Balaban J connectivity index is 1.02. The van der Waals surface area contributed by atoms with E-state index in [1.54, 1.807) is 15.4 Å². The molecule has 4 fully saturated rings. The van der Waals surface area contributed by atoms with Crippen molar-refractivity contribution in [2.24, 2.45) is 5.41 Å². The fourth-order valence-electron chi connectivity index (χ4n) is 8.09. The van der Waals surface area contributed by atoms with Gasteiger partial charge in [-0.1, -0.05) is 0 Å². The number of benzene rings is 1. The smallest absolute Gasteiger partial charge is 0.258 e. The van der Waals surface area contributed by atoms with Crippen LogP contribution in [0, 0.1) is 11.2 Å². The van der Waals surface area contributed by atoms with Crippen molar-refractivity contribution in [3.8, 4) is 11.5 Å². The van der Waals surface area contributed by atoms with Crippen molar-refractivity contribution in [2.75, 3.05) is 57.4 Å². The van der Waals surface area contributed by atoms with Crippen LogP contribution in [-0.2, 0) is 20.4 Å². The Morgan fingerprint density at radius 3 is 2.39 bits per heavy atom. The van der Waals surface area contributed by atoms with Crippen LogP contribution < -0.4 is 9.64 Å². The molecule has 1 aromatic heterocycles. The van der Waals surface area contributed by atoms with Gasteiger partial charge in [0.2, 0.25) is 10.9 Å². The van der Waals surface area contributed by atoms with Gasteiger partial charge in [0.1, 0.15) is 17.9 Å². The van der Waals surface area contributed by atoms with Gasteiger partial charge in [0.25, 0.3) is 5.91 Å². The third-order valence-electron chi connectivity index (χ3n) is 10.6. The summed E-state index contributed by atoms with van der Waals surface area (Å²) >= 11 is 0. The molecule has 6 rings (SSSR count). The van der Waals surface area contributed by atoms with Gasteiger partial charge in [-0.2, -0.15) is 4.31 Å². The Morgan fingerprint density at radius 2 is 1.76 bits per heavy atom. The molecular formula is C35H51FN6O6S. The molecular weight excluding hydrogens is 651 g/mol. The van der Waals surface area contributed by atoms with Crippen LogP contribution in [0.4, 0.5) is 10.2 Å². The van der Waals surface area contributed by atoms with E-state index < -0.39 is 16.7 Å². The molecule has 1 spiro atoms. The van der Waals surface area contributed by atoms with Gasteiger partial charge >= 0.3 is 0 Å². The highest BCUT2D eigenvalue weighted by molar-refractivity contribution is 7.69. The van der Waals surface area contributed by atoms with E-state index in [2.05, 4.69) is 19.8 Å². The number of anilines is 1. The van der Waals surface area contributed by atoms with Crippen molar-refractivity contribution in [3.05, 3.63) is 42.1 Å². The van der Waals surface area contributed by atoms with Gasteiger partial charge in [-0.25, -0.2) is 22.8 Å². The zero-order chi connectivity index (χ0) is 34.7. The quantitative estimate of drug-likeness (QED) is 0.343. The number of nitrogens with zero attached hydrogens (tertiary/aromatic N) is 6. The Labute approximate surface area is 291 Å². The second-order valence-electron chi connectivity index (χ2n) is 14.7. The van der Waals surface area contributed by atoms with Crippen LogP contribution in [0.25, 0.3) is 0 Å². The molecule has 1 aromatic carbocycles. The Hall–Kier alpha value is -2.91. The molecule has 0 bridgehead atoms. The minimum absolute atomic E-state index is 0.0142. The average molecular weight is 703 g/mol. The third kappa shape index (κ3) is 8.19. The van der Waals surface area contributed by atoms with Crippen molar-refractivity contribution in [1.29, 1.82) is 0 Å². The van der Waals surface area contributed by atoms with E-state index in [-0.39, 0.29) is 52.9 Å². The Bertz CT molecular complexity index is 1500. The van der Waals surface area contributed by atoms with Crippen LogP contribution in [0.3, 0.4) is 0 Å². The summed E-state index contributed by atoms with van der Waals surface area (Å²) in [6.07, 6.45) is 8.50. The first-order chi connectivity index (χ1) is 23.5. The maximum Gasteiger partial charge on any atom is 0.258 e. The van der Waals surface area contributed by atoms with Crippen LogP contribution in [0.1, 0.15) is 76.6 Å². The van der Waals surface area contributed by atoms with E-state index in [4.69, 9.17) is 14.2 Å². The fourth-order valence-corrected chi connectivity index (χ4v) is 9.03. The summed E-state index contributed by atoms with van der Waals surface area (Å²) in [6, 6.07) is 3.81. The van der Waals surface area contributed by atoms with Crippen LogP contribution >= 0.6 is 0 Å². The third-order valence-corrected chi connectivity index (χ3v) is 11.6. The van der Waals surface area contributed by atoms with Crippen molar-refractivity contribution < 1.29 is 31.8 Å². The van der Waals surface area contributed by atoms with Gasteiger partial charge < -0.3 is 28.9 Å². The lowest BCUT2D eigenvalue weighted by atomic mass is 9.72. The summed E-state index contributed by atoms with van der Waals surface area (Å²) < 4.78 is 58.3. The zero-order valence-electron chi connectivity index (χ0n) is 29.1. The number of piperidine rings is 1. The molecule has 0 radical (unpaired) electrons. The largest absolute Gasteiger partial charge is 0.451 e. The molecule has 5 heterocycles. The van der Waals surface area contributed by atoms with Gasteiger partial charge in [0.15, 0.2) is 11.6 Å². The zero-order valence-corrected chi connectivity index (χ0v) is 30.0. The highest BCUT2D eigenvalue weighted by Crippen LogP contribution is 2.45. The molecule has 12 nitrogen and oxygen atoms in total. The summed E-state index contributed by atoms with van der Waals surface area (Å²) in [6.45, 7) is 13.9. The second-order valence-corrected chi connectivity index (χ2v) is 15.6. The monoisotopic (exact) mass is 702 g/mol. The highest BCUT2D eigenvalue weighted by atomic mass is 32.2. The lowest BCUT2D eigenvalue weighted by Gasteiger charge is -2.54. The minimum atomic E-state index is -2.66. The Morgan fingerprint density at radius 1 is 1.04 bits per heavy atom. The normalized spacial score (nSPS) is 23.4. The molecule has 4 saturated heterocycles. The highest BCUT2D eigenvalue weighted by Gasteiger charge is 2.46. The van der Waals surface area contributed by atoms with E-state index in [9.17, 15) is 17.6 Å². The van der Waals surface area contributed by atoms with Gasteiger partial charge in [0, 0.05) is 62.4 Å². The number of aromatic nitrogens is 2. The first kappa shape index (κ1) is 35.9. The maximum absolute atomic E-state index is 14.4. The molecule has 2 aromatic rings. The van der Waals surface area contributed by atoms with E-state index in [1.807, 2.05) is 27.7 Å². The molecule has 0 N–H and O–H groups in total. The Kier molecular flexibility index (Phi) is 11.4. The van der Waals surface area contributed by atoms with Crippen molar-refractivity contribution in [1.82, 2.24) is 24.1 Å². The predicted molar refractivity (Wildman–Crippen MR) is 184 cm³/mol. The number of carbonyl (C=O) groups is 1. The molecule has 0 unspecified atom stereocenters. The van der Waals surface area contributed by atoms with Crippen LogP contribution in [0.2, 0.25) is 0 Å². The van der Waals surface area contributed by atoms with Crippen molar-refractivity contribution in [2.45, 2.75) is 96.5 Å². The first-order valence-electron chi connectivity index (χ1n) is 17.7. The number of thiol groups is 1. The molecule has 2 atom stereocenters. The first-order valence-corrected chi connectivity index (χ1v) is 18.9. The fraction of sp³-hybridized carbons (Fsp3) is 0.686. The van der Waals surface area contributed by atoms with Gasteiger partial charge in [-0.3, -0.25) is 4.79 Å². The predicted octanol–water partition coefficient (Wildman–Crippen LogP) is 4.12. The molecule has 1 amide bonds. The molecule has 49 heavy (non-hydrogen) atoms. The summed E-state index contributed by atoms with van der Waals surface area (Å²) in [4.78, 5) is 28.7. The number of rotatable bonds is 11. The number of ether oxygens (including phenoxy) is 3. The number of carbonyl (C=O) groups excluding carboxylic acids is 1. The summed E-state index contributed by atoms with van der Waals surface area (Å²) in [5.74, 6) is 0.572. The van der Waals surface area contributed by atoms with E-state index in [0.29, 0.717) is 31.4 Å². The molecule has 14 heteroatoms. The summed E-state index contributed by atoms with van der Waals surface area (Å²) in [5.41, 5.74) is 0.354. The van der Waals surface area contributed by atoms with Crippen LogP contribution in [-0.4, -0.2) is 121 Å². The van der Waals surface area contributed by atoms with E-state index in [0.717, 1.165) is 71.2 Å². The molecule has 270 valence electrons. The number of hydrogen-bond donors (Lipinski definition) is 1. The van der Waals surface area contributed by atoms with Crippen molar-refractivity contribution in [3.63, 3.8) is 0 Å². The summed E-state index contributed by atoms with van der Waals surface area (Å²) in [5, 5.41) is 0.